The zero-order valence-electron chi connectivity index (χ0n) is 11.9. The van der Waals surface area contributed by atoms with Crippen LogP contribution in [0.25, 0.3) is 0 Å². The van der Waals surface area contributed by atoms with E-state index in [-0.39, 0.29) is 11.2 Å². The summed E-state index contributed by atoms with van der Waals surface area (Å²) in [5.41, 5.74) is 2.55. The molecule has 0 N–H and O–H groups in total. The normalized spacial score (nSPS) is 24.4. The topological polar surface area (TPSA) is 17.1 Å². The minimum Gasteiger partial charge on any atom is -0.294 e. The summed E-state index contributed by atoms with van der Waals surface area (Å²) in [6.45, 7) is 2.32. The average molecular weight is 264 g/mol. The molecule has 2 aromatic carbocycles. The van der Waals surface area contributed by atoms with E-state index in [1.807, 2.05) is 30.3 Å². The number of rotatable bonds is 5. The summed E-state index contributed by atoms with van der Waals surface area (Å²) in [6.07, 6.45) is 2.87. The van der Waals surface area contributed by atoms with Crippen LogP contribution in [0.4, 0.5) is 0 Å². The molecule has 0 unspecified atom stereocenters. The van der Waals surface area contributed by atoms with Crippen LogP contribution in [0.1, 0.15) is 42.1 Å². The molecule has 1 fully saturated rings. The molecule has 3 rings (SSSR count). The van der Waals surface area contributed by atoms with Crippen LogP contribution < -0.4 is 0 Å². The minimum absolute atomic E-state index is 0.271. The van der Waals surface area contributed by atoms with E-state index in [0.717, 1.165) is 12.0 Å². The van der Waals surface area contributed by atoms with Crippen molar-refractivity contribution in [3.05, 3.63) is 71.8 Å². The third kappa shape index (κ3) is 2.53. The number of carbonyl (C=O) groups excluding carboxylic acids is 1. The Kier molecular flexibility index (Phi) is 3.43. The number of benzene rings is 2. The molecule has 1 heteroatoms. The highest BCUT2D eigenvalue weighted by atomic mass is 16.1. The van der Waals surface area contributed by atoms with Crippen LogP contribution in [0.5, 0.6) is 0 Å². The fraction of sp³-hybridized carbons (Fsp3) is 0.316. The van der Waals surface area contributed by atoms with Crippen molar-refractivity contribution in [3.8, 4) is 0 Å². The van der Waals surface area contributed by atoms with E-state index in [1.165, 1.54) is 12.0 Å². The zero-order valence-corrected chi connectivity index (χ0v) is 11.9. The van der Waals surface area contributed by atoms with Gasteiger partial charge in [-0.25, -0.2) is 0 Å². The maximum Gasteiger partial charge on any atom is 0.162 e. The number of ketones is 1. The fourth-order valence-corrected chi connectivity index (χ4v) is 3.12. The summed E-state index contributed by atoms with van der Waals surface area (Å²) < 4.78 is 0. The molecule has 0 amide bonds. The van der Waals surface area contributed by atoms with E-state index in [2.05, 4.69) is 37.3 Å². The van der Waals surface area contributed by atoms with E-state index in [0.29, 0.717) is 12.3 Å². The van der Waals surface area contributed by atoms with Crippen molar-refractivity contribution in [2.75, 3.05) is 0 Å². The van der Waals surface area contributed by atoms with Gasteiger partial charge in [0.05, 0.1) is 0 Å². The fourth-order valence-electron chi connectivity index (χ4n) is 3.12. The quantitative estimate of drug-likeness (QED) is 0.720. The third-order valence-electron chi connectivity index (χ3n) is 4.66. The Morgan fingerprint density at radius 3 is 2.30 bits per heavy atom. The SMILES string of the molecule is C[C@@]1(c2ccccc2)C[C@H]1CCC(=O)c1ccccc1. The Bertz CT molecular complexity index is 588. The van der Waals surface area contributed by atoms with Gasteiger partial charge in [-0.05, 0) is 29.7 Å². The van der Waals surface area contributed by atoms with Gasteiger partial charge in [-0.3, -0.25) is 4.79 Å². The molecule has 0 aromatic heterocycles. The summed E-state index contributed by atoms with van der Waals surface area (Å²) in [6, 6.07) is 20.3. The van der Waals surface area contributed by atoms with Crippen LogP contribution in [0.15, 0.2) is 60.7 Å². The second-order valence-corrected chi connectivity index (χ2v) is 6.01. The third-order valence-corrected chi connectivity index (χ3v) is 4.66. The molecule has 0 radical (unpaired) electrons. The lowest BCUT2D eigenvalue weighted by molar-refractivity contribution is 0.0977. The van der Waals surface area contributed by atoms with E-state index in [4.69, 9.17) is 0 Å². The summed E-state index contributed by atoms with van der Waals surface area (Å²) in [4.78, 5) is 12.1. The minimum atomic E-state index is 0.271. The lowest BCUT2D eigenvalue weighted by atomic mass is 9.93. The van der Waals surface area contributed by atoms with Gasteiger partial charge in [0.1, 0.15) is 0 Å². The molecule has 2 aromatic rings. The highest BCUT2D eigenvalue weighted by Gasteiger charge is 2.50. The Morgan fingerprint density at radius 2 is 1.65 bits per heavy atom. The van der Waals surface area contributed by atoms with E-state index < -0.39 is 0 Å². The van der Waals surface area contributed by atoms with Crippen molar-refractivity contribution < 1.29 is 4.79 Å². The molecule has 0 bridgehead atoms. The predicted molar refractivity (Wildman–Crippen MR) is 81.9 cm³/mol. The molecule has 0 spiro atoms. The molecule has 1 aliphatic rings. The first-order valence-corrected chi connectivity index (χ1v) is 7.34. The van der Waals surface area contributed by atoms with Crippen molar-refractivity contribution in [1.82, 2.24) is 0 Å². The smallest absolute Gasteiger partial charge is 0.162 e. The van der Waals surface area contributed by atoms with Crippen LogP contribution in [-0.2, 0) is 5.41 Å². The molecule has 1 saturated carbocycles. The zero-order chi connectivity index (χ0) is 14.0. The standard InChI is InChI=1S/C19H20O/c1-19(16-10-6-3-7-11-16)14-17(19)12-13-18(20)15-8-4-2-5-9-15/h2-11,17H,12-14H2,1H3/t17-,19+/m1/s1. The van der Waals surface area contributed by atoms with Crippen LogP contribution in [0, 0.1) is 5.92 Å². The Labute approximate surface area is 120 Å². The Morgan fingerprint density at radius 1 is 1.05 bits per heavy atom. The van der Waals surface area contributed by atoms with Crippen LogP contribution >= 0.6 is 0 Å². The Balaban J connectivity index is 1.58. The van der Waals surface area contributed by atoms with Crippen molar-refractivity contribution in [2.45, 2.75) is 31.6 Å². The molecule has 20 heavy (non-hydrogen) atoms. The van der Waals surface area contributed by atoms with Crippen LogP contribution in [-0.4, -0.2) is 5.78 Å². The van der Waals surface area contributed by atoms with E-state index >= 15 is 0 Å². The van der Waals surface area contributed by atoms with Gasteiger partial charge in [0.25, 0.3) is 0 Å². The maximum absolute atomic E-state index is 12.1. The van der Waals surface area contributed by atoms with E-state index in [1.54, 1.807) is 0 Å². The van der Waals surface area contributed by atoms with Gasteiger partial charge in [0.2, 0.25) is 0 Å². The lowest BCUT2D eigenvalue weighted by Crippen LogP contribution is -2.06. The number of hydrogen-bond donors (Lipinski definition) is 0. The van der Waals surface area contributed by atoms with Gasteiger partial charge in [0, 0.05) is 12.0 Å². The monoisotopic (exact) mass is 264 g/mol. The van der Waals surface area contributed by atoms with Gasteiger partial charge in [-0.15, -0.1) is 0 Å². The highest BCUT2D eigenvalue weighted by Crippen LogP contribution is 2.56. The molecule has 1 aliphatic carbocycles. The maximum atomic E-state index is 12.1. The average Bonchev–Trinajstić information content (AvgIpc) is 3.19. The second kappa shape index (κ2) is 5.24. The largest absolute Gasteiger partial charge is 0.294 e. The molecule has 0 heterocycles. The number of carbonyl (C=O) groups is 1. The predicted octanol–water partition coefficient (Wildman–Crippen LogP) is 4.63. The summed E-state index contributed by atoms with van der Waals surface area (Å²) in [5.74, 6) is 0.922. The van der Waals surface area contributed by atoms with Crippen molar-refractivity contribution in [1.29, 1.82) is 0 Å². The molecular weight excluding hydrogens is 244 g/mol. The number of Topliss-reactive ketones (excluding diaryl/α,β-unsaturated/α-hetero) is 1. The van der Waals surface area contributed by atoms with Gasteiger partial charge in [-0.1, -0.05) is 67.6 Å². The Hall–Kier alpha value is -1.89. The molecule has 102 valence electrons. The van der Waals surface area contributed by atoms with Crippen molar-refractivity contribution >= 4 is 5.78 Å². The first-order valence-electron chi connectivity index (χ1n) is 7.34. The van der Waals surface area contributed by atoms with Gasteiger partial charge < -0.3 is 0 Å². The van der Waals surface area contributed by atoms with Gasteiger partial charge in [-0.2, -0.15) is 0 Å². The molecular formula is C19H20O. The number of hydrogen-bond acceptors (Lipinski definition) is 1. The summed E-state index contributed by atoms with van der Waals surface area (Å²) in [5, 5.41) is 0. The van der Waals surface area contributed by atoms with Crippen molar-refractivity contribution in [2.24, 2.45) is 5.92 Å². The summed E-state index contributed by atoms with van der Waals surface area (Å²) in [7, 11) is 0. The first kappa shape index (κ1) is 13.1. The lowest BCUT2D eigenvalue weighted by Gasteiger charge is -2.11. The summed E-state index contributed by atoms with van der Waals surface area (Å²) >= 11 is 0. The molecule has 2 atom stereocenters. The highest BCUT2D eigenvalue weighted by molar-refractivity contribution is 5.95. The molecule has 0 saturated heterocycles. The van der Waals surface area contributed by atoms with Gasteiger partial charge >= 0.3 is 0 Å². The molecule has 0 aliphatic heterocycles. The molecule has 1 nitrogen and oxygen atoms in total. The van der Waals surface area contributed by atoms with E-state index in [9.17, 15) is 4.79 Å². The van der Waals surface area contributed by atoms with Crippen LogP contribution in [0.2, 0.25) is 0 Å². The van der Waals surface area contributed by atoms with Gasteiger partial charge in [0.15, 0.2) is 5.78 Å². The van der Waals surface area contributed by atoms with Crippen LogP contribution in [0.3, 0.4) is 0 Å². The second-order valence-electron chi connectivity index (χ2n) is 6.01. The first-order chi connectivity index (χ1) is 9.70. The van der Waals surface area contributed by atoms with Crippen molar-refractivity contribution in [3.63, 3.8) is 0 Å².